The van der Waals surface area contributed by atoms with Crippen molar-refractivity contribution in [2.75, 3.05) is 26.2 Å². The van der Waals surface area contributed by atoms with Crippen LogP contribution in [-0.2, 0) is 14.8 Å². The van der Waals surface area contributed by atoms with Crippen LogP contribution in [0.25, 0.3) is 0 Å². The van der Waals surface area contributed by atoms with Gasteiger partial charge >= 0.3 is 0 Å². The Kier molecular flexibility index (Phi) is 6.41. The molecule has 1 aromatic carbocycles. The average molecular weight is 456 g/mol. The van der Waals surface area contributed by atoms with Crippen LogP contribution >= 0.6 is 0 Å². The summed E-state index contributed by atoms with van der Waals surface area (Å²) in [5, 5.41) is 3.61. The number of hydrogen-bond donors (Lipinski definition) is 1. The number of aromatic nitrogens is 1. The second-order valence-corrected chi connectivity index (χ2v) is 8.89. The molecule has 0 unspecified atom stereocenters. The molecule has 0 saturated carbocycles. The predicted molar refractivity (Wildman–Crippen MR) is 105 cm³/mol. The van der Waals surface area contributed by atoms with E-state index >= 15 is 0 Å². The van der Waals surface area contributed by atoms with Crippen molar-refractivity contribution in [2.45, 2.75) is 31.7 Å². The molecule has 0 bridgehead atoms. The monoisotopic (exact) mass is 456 g/mol. The second kappa shape index (κ2) is 8.71. The molecule has 12 heteroatoms. The van der Waals surface area contributed by atoms with E-state index in [1.807, 2.05) is 0 Å². The maximum atomic E-state index is 13.4. The summed E-state index contributed by atoms with van der Waals surface area (Å²) in [6.07, 6.45) is 0. The lowest BCUT2D eigenvalue weighted by molar-refractivity contribution is -0.134. The van der Waals surface area contributed by atoms with Gasteiger partial charge in [-0.15, -0.1) is 0 Å². The third-order valence-corrected chi connectivity index (χ3v) is 6.77. The first-order valence-electron chi connectivity index (χ1n) is 9.49. The van der Waals surface area contributed by atoms with E-state index in [0.717, 1.165) is 12.1 Å². The minimum Gasteiger partial charge on any atom is -0.360 e. The molecule has 2 aromatic rings. The van der Waals surface area contributed by atoms with E-state index in [-0.39, 0.29) is 48.1 Å². The van der Waals surface area contributed by atoms with Gasteiger partial charge < -0.3 is 14.3 Å². The Balaban J connectivity index is 1.60. The van der Waals surface area contributed by atoms with Crippen LogP contribution in [0.15, 0.2) is 27.6 Å². The fourth-order valence-electron chi connectivity index (χ4n) is 3.42. The molecule has 1 N–H and O–H groups in total. The summed E-state index contributed by atoms with van der Waals surface area (Å²) < 4.78 is 58.8. The van der Waals surface area contributed by atoms with Crippen LogP contribution < -0.4 is 4.72 Å². The number of carbonyl (C=O) groups is 2. The van der Waals surface area contributed by atoms with Crippen molar-refractivity contribution >= 4 is 21.8 Å². The van der Waals surface area contributed by atoms with Crippen molar-refractivity contribution in [3.05, 3.63) is 46.9 Å². The second-order valence-electron chi connectivity index (χ2n) is 7.24. The van der Waals surface area contributed by atoms with Gasteiger partial charge in [0.05, 0.1) is 6.04 Å². The van der Waals surface area contributed by atoms with Crippen LogP contribution in [0.2, 0.25) is 0 Å². The first-order valence-corrected chi connectivity index (χ1v) is 11.0. The van der Waals surface area contributed by atoms with Gasteiger partial charge in [0.1, 0.15) is 10.6 Å². The third-order valence-electron chi connectivity index (χ3n) is 4.98. The number of nitrogens with zero attached hydrogens (tertiary/aromatic N) is 3. The van der Waals surface area contributed by atoms with E-state index < -0.39 is 39.5 Å². The van der Waals surface area contributed by atoms with Gasteiger partial charge in [0.15, 0.2) is 17.4 Å². The number of aryl methyl sites for hydroxylation is 2. The van der Waals surface area contributed by atoms with E-state index in [4.69, 9.17) is 4.52 Å². The molecule has 1 aliphatic heterocycles. The van der Waals surface area contributed by atoms with E-state index in [1.165, 1.54) is 36.6 Å². The van der Waals surface area contributed by atoms with Crippen LogP contribution in [-0.4, -0.2) is 67.4 Å². The van der Waals surface area contributed by atoms with Crippen molar-refractivity contribution in [3.63, 3.8) is 0 Å². The van der Waals surface area contributed by atoms with Crippen LogP contribution in [0.5, 0.6) is 0 Å². The Labute approximate surface area is 178 Å². The molecular weight excluding hydrogens is 434 g/mol. The number of halogens is 2. The summed E-state index contributed by atoms with van der Waals surface area (Å²) >= 11 is 0. The average Bonchev–Trinajstić information content (AvgIpc) is 3.07. The fraction of sp³-hybridized carbons (Fsp3) is 0.421. The minimum atomic E-state index is -4.01. The highest BCUT2D eigenvalue weighted by Crippen LogP contribution is 2.19. The zero-order valence-electron chi connectivity index (χ0n) is 17.2. The SMILES string of the molecule is Cc1noc(C)c1S(=O)(=O)N[C@@H](C)C(=O)N1CCN(C(=O)c2ccc(F)c(F)c2)CC1. The Morgan fingerprint density at radius 3 is 2.26 bits per heavy atom. The highest BCUT2D eigenvalue weighted by molar-refractivity contribution is 7.89. The van der Waals surface area contributed by atoms with Crippen molar-refractivity contribution < 1.29 is 31.3 Å². The molecule has 1 aliphatic rings. The molecule has 0 radical (unpaired) electrons. The van der Waals surface area contributed by atoms with Gasteiger partial charge in [0.25, 0.3) is 5.91 Å². The number of hydrogen-bond acceptors (Lipinski definition) is 6. The summed E-state index contributed by atoms with van der Waals surface area (Å²) in [5.41, 5.74) is 0.202. The zero-order chi connectivity index (χ0) is 22.9. The molecule has 1 aromatic heterocycles. The maximum Gasteiger partial charge on any atom is 0.254 e. The predicted octanol–water partition coefficient (Wildman–Crippen LogP) is 1.22. The molecule has 9 nitrogen and oxygen atoms in total. The number of carbonyl (C=O) groups excluding carboxylic acids is 2. The van der Waals surface area contributed by atoms with Crippen LogP contribution in [0.1, 0.15) is 28.7 Å². The van der Waals surface area contributed by atoms with Gasteiger partial charge in [-0.3, -0.25) is 9.59 Å². The summed E-state index contributed by atoms with van der Waals surface area (Å²) in [6.45, 7) is 5.07. The molecule has 1 saturated heterocycles. The van der Waals surface area contributed by atoms with E-state index in [0.29, 0.717) is 0 Å². The molecule has 2 amide bonds. The smallest absolute Gasteiger partial charge is 0.254 e. The maximum absolute atomic E-state index is 13.4. The van der Waals surface area contributed by atoms with Gasteiger partial charge in [0.2, 0.25) is 15.9 Å². The van der Waals surface area contributed by atoms with Gasteiger partial charge in [-0.05, 0) is 39.0 Å². The Morgan fingerprint density at radius 1 is 1.10 bits per heavy atom. The molecule has 31 heavy (non-hydrogen) atoms. The Hall–Kier alpha value is -2.86. The number of piperazine rings is 1. The van der Waals surface area contributed by atoms with Crippen molar-refractivity contribution in [1.29, 1.82) is 0 Å². The summed E-state index contributed by atoms with van der Waals surface area (Å²) in [7, 11) is -4.01. The largest absolute Gasteiger partial charge is 0.360 e. The molecule has 2 heterocycles. The highest BCUT2D eigenvalue weighted by atomic mass is 32.2. The Bertz CT molecular complexity index is 1090. The third kappa shape index (κ3) is 4.74. The van der Waals surface area contributed by atoms with Crippen molar-refractivity contribution in [1.82, 2.24) is 19.7 Å². The van der Waals surface area contributed by atoms with Gasteiger partial charge in [-0.2, -0.15) is 4.72 Å². The van der Waals surface area contributed by atoms with Gasteiger partial charge in [-0.25, -0.2) is 17.2 Å². The standard InChI is InChI=1S/C19H22F2N4O5S/c1-11-17(13(3)30-22-11)31(28,29)23-12(2)18(26)24-6-8-25(9-7-24)19(27)14-4-5-15(20)16(21)10-14/h4-5,10,12,23H,6-9H2,1-3H3/t12-/m0/s1. The van der Waals surface area contributed by atoms with Crippen LogP contribution in [0, 0.1) is 25.5 Å². The van der Waals surface area contributed by atoms with Crippen molar-refractivity contribution in [2.24, 2.45) is 0 Å². The normalized spacial score (nSPS) is 15.8. The van der Waals surface area contributed by atoms with Crippen molar-refractivity contribution in [3.8, 4) is 0 Å². The first-order chi connectivity index (χ1) is 14.5. The Morgan fingerprint density at radius 2 is 1.71 bits per heavy atom. The molecule has 0 spiro atoms. The zero-order valence-corrected chi connectivity index (χ0v) is 18.0. The number of benzene rings is 1. The molecule has 1 fully saturated rings. The van der Waals surface area contributed by atoms with Gasteiger partial charge in [0, 0.05) is 31.7 Å². The summed E-state index contributed by atoms with van der Waals surface area (Å²) in [6, 6.07) is 1.87. The summed E-state index contributed by atoms with van der Waals surface area (Å²) in [5.74, 6) is -2.96. The van der Waals surface area contributed by atoms with E-state index in [2.05, 4.69) is 9.88 Å². The summed E-state index contributed by atoms with van der Waals surface area (Å²) in [4.78, 5) is 28.0. The lowest BCUT2D eigenvalue weighted by Gasteiger charge is -2.36. The fourth-order valence-corrected chi connectivity index (χ4v) is 4.94. The number of nitrogens with one attached hydrogen (secondary N) is 1. The molecule has 0 aliphatic carbocycles. The molecule has 1 atom stereocenters. The van der Waals surface area contributed by atoms with E-state index in [9.17, 15) is 26.8 Å². The van der Waals surface area contributed by atoms with Crippen LogP contribution in [0.3, 0.4) is 0 Å². The molecule has 3 rings (SSSR count). The number of sulfonamides is 1. The lowest BCUT2D eigenvalue weighted by atomic mass is 10.1. The minimum absolute atomic E-state index is 0.0132. The number of amides is 2. The van der Waals surface area contributed by atoms with Gasteiger partial charge in [-0.1, -0.05) is 5.16 Å². The number of rotatable bonds is 5. The topological polar surface area (TPSA) is 113 Å². The quantitative estimate of drug-likeness (QED) is 0.724. The lowest BCUT2D eigenvalue weighted by Crippen LogP contribution is -2.55. The van der Waals surface area contributed by atoms with Crippen LogP contribution in [0.4, 0.5) is 8.78 Å². The first kappa shape index (κ1) is 22.8. The van der Waals surface area contributed by atoms with E-state index in [1.54, 1.807) is 0 Å². The highest BCUT2D eigenvalue weighted by Gasteiger charge is 2.32. The molecule has 168 valence electrons. The molecular formula is C19H22F2N4O5S.